The van der Waals surface area contributed by atoms with E-state index in [1.807, 2.05) is 54.6 Å². The second kappa shape index (κ2) is 14.6. The van der Waals surface area contributed by atoms with E-state index in [0.717, 1.165) is 101 Å². The van der Waals surface area contributed by atoms with Gasteiger partial charge in [0.1, 0.15) is 28.8 Å². The molecular formula is C61H41FN2O2. The van der Waals surface area contributed by atoms with Gasteiger partial charge in [-0.15, -0.1) is 0 Å². The lowest BCUT2D eigenvalue weighted by Crippen LogP contribution is -2.16. The first-order valence-electron chi connectivity index (χ1n) is 22.4. The van der Waals surface area contributed by atoms with Crippen molar-refractivity contribution in [2.45, 2.75) is 19.3 Å². The predicted octanol–water partition coefficient (Wildman–Crippen LogP) is 17.4. The molecule has 13 rings (SSSR count). The van der Waals surface area contributed by atoms with Crippen LogP contribution in [0.4, 0.5) is 38.5 Å². The van der Waals surface area contributed by atoms with E-state index in [1.165, 1.54) is 28.3 Å². The number of rotatable bonds is 7. The van der Waals surface area contributed by atoms with Crippen molar-refractivity contribution in [1.29, 1.82) is 0 Å². The quantitative estimate of drug-likeness (QED) is 0.159. The molecule has 0 saturated carbocycles. The topological polar surface area (TPSA) is 24.9 Å². The highest BCUT2D eigenvalue weighted by Crippen LogP contribution is 2.57. The summed E-state index contributed by atoms with van der Waals surface area (Å²) in [5.74, 6) is 2.82. The summed E-state index contributed by atoms with van der Waals surface area (Å²) < 4.78 is 28.8. The zero-order valence-corrected chi connectivity index (χ0v) is 36.3. The number of benzene rings is 10. The minimum absolute atomic E-state index is 0.127. The number of hydrogen-bond acceptors (Lipinski definition) is 4. The van der Waals surface area contributed by atoms with Gasteiger partial charge in [0, 0.05) is 73.4 Å². The van der Waals surface area contributed by atoms with E-state index >= 15 is 0 Å². The van der Waals surface area contributed by atoms with E-state index in [1.54, 1.807) is 6.07 Å². The summed E-state index contributed by atoms with van der Waals surface area (Å²) in [6.45, 7) is 4.65. The van der Waals surface area contributed by atoms with Gasteiger partial charge in [-0.25, -0.2) is 4.39 Å². The molecule has 0 atom stereocenters. The molecule has 0 unspecified atom stereocenters. The third-order valence-electron chi connectivity index (χ3n) is 13.7. The molecule has 4 nitrogen and oxygen atoms in total. The zero-order valence-electron chi connectivity index (χ0n) is 36.3. The van der Waals surface area contributed by atoms with E-state index < -0.39 is 0 Å². The van der Waals surface area contributed by atoms with Crippen LogP contribution in [0.1, 0.15) is 25.0 Å². The highest BCUT2D eigenvalue weighted by Gasteiger charge is 2.36. The van der Waals surface area contributed by atoms with Gasteiger partial charge in [0.25, 0.3) is 0 Å². The lowest BCUT2D eigenvalue weighted by Gasteiger charge is -2.31. The molecule has 0 spiro atoms. The van der Waals surface area contributed by atoms with Gasteiger partial charge in [-0.3, -0.25) is 0 Å². The van der Waals surface area contributed by atoms with E-state index in [4.69, 9.17) is 9.47 Å². The number of ether oxygens (including phenoxy) is 2. The minimum Gasteiger partial charge on any atom is -0.456 e. The molecule has 5 heteroatoms. The molecule has 0 bridgehead atoms. The molecule has 66 heavy (non-hydrogen) atoms. The molecule has 0 N–H and O–H groups in total. The van der Waals surface area contributed by atoms with Gasteiger partial charge < -0.3 is 19.3 Å². The van der Waals surface area contributed by atoms with Crippen LogP contribution in [0.15, 0.2) is 212 Å². The normalized spacial score (nSPS) is 13.1. The molecule has 314 valence electrons. The van der Waals surface area contributed by atoms with Crippen LogP contribution in [0.2, 0.25) is 0 Å². The molecule has 0 saturated heterocycles. The number of hydrogen-bond donors (Lipinski definition) is 0. The maximum Gasteiger partial charge on any atom is 0.137 e. The van der Waals surface area contributed by atoms with Gasteiger partial charge in [0.15, 0.2) is 0 Å². The second-order valence-corrected chi connectivity index (χ2v) is 17.8. The van der Waals surface area contributed by atoms with Gasteiger partial charge >= 0.3 is 0 Å². The van der Waals surface area contributed by atoms with Crippen LogP contribution < -0.4 is 19.3 Å². The fourth-order valence-corrected chi connectivity index (χ4v) is 10.6. The average Bonchev–Trinajstić information content (AvgIpc) is 3.59. The standard InChI is InChI=1S/C61H41FN2O2/c1-61(2)52-21-13-12-20-45(52)46-26-23-42(35-53(46)61)63(40-16-8-4-9-17-40)43-24-27-47-49-29-33-56-60-50(30-32-55(59(49)60)65-57(47)36-43)48-28-25-44(37-58(48)66-56)64(41-18-10-5-11-19-41)54-31-22-39(62)34-51(54)38-14-6-3-7-15-38/h3-37H,1-2H3. The Morgan fingerprint density at radius 3 is 1.45 bits per heavy atom. The molecule has 2 heterocycles. The third kappa shape index (κ3) is 5.83. The van der Waals surface area contributed by atoms with Gasteiger partial charge in [-0.05, 0) is 142 Å². The Labute approximate surface area is 383 Å². The van der Waals surface area contributed by atoms with Crippen molar-refractivity contribution < 1.29 is 13.9 Å². The number of para-hydroxylation sites is 2. The Bertz CT molecular complexity index is 3590. The SMILES string of the molecule is CC1(C)c2ccccc2-c2ccc(N(c3ccccc3)c3ccc4c(c3)Oc3ccc5c6c(ccc-4c36)Oc3cc(N(c4ccccc4)c4ccc(F)cc4-c4ccccc4)ccc3-5)cc21. The van der Waals surface area contributed by atoms with Crippen LogP contribution in [-0.4, -0.2) is 0 Å². The smallest absolute Gasteiger partial charge is 0.137 e. The van der Waals surface area contributed by atoms with Crippen molar-refractivity contribution in [3.63, 3.8) is 0 Å². The number of halogens is 1. The summed E-state index contributed by atoms with van der Waals surface area (Å²) in [6.07, 6.45) is 0. The summed E-state index contributed by atoms with van der Waals surface area (Å²) in [4.78, 5) is 4.50. The van der Waals surface area contributed by atoms with Crippen LogP contribution in [-0.2, 0) is 5.41 Å². The first-order chi connectivity index (χ1) is 32.4. The fraction of sp³-hybridized carbons (Fsp3) is 0.0492. The Hall–Kier alpha value is -8.41. The predicted molar refractivity (Wildman–Crippen MR) is 267 cm³/mol. The largest absolute Gasteiger partial charge is 0.456 e. The Balaban J connectivity index is 0.896. The molecule has 0 amide bonds. The summed E-state index contributed by atoms with van der Waals surface area (Å²) >= 11 is 0. The second-order valence-electron chi connectivity index (χ2n) is 17.8. The van der Waals surface area contributed by atoms with Gasteiger partial charge in [0.05, 0.1) is 5.69 Å². The monoisotopic (exact) mass is 852 g/mol. The third-order valence-corrected chi connectivity index (χ3v) is 13.7. The minimum atomic E-state index is -0.289. The van der Waals surface area contributed by atoms with E-state index in [2.05, 4.69) is 169 Å². The molecule has 0 fully saturated rings. The highest BCUT2D eigenvalue weighted by atomic mass is 19.1. The Morgan fingerprint density at radius 2 is 0.833 bits per heavy atom. The van der Waals surface area contributed by atoms with Crippen LogP contribution in [0.5, 0.6) is 23.0 Å². The van der Waals surface area contributed by atoms with Crippen LogP contribution in [0, 0.1) is 5.82 Å². The summed E-state index contributed by atoms with van der Waals surface area (Å²) in [7, 11) is 0. The van der Waals surface area contributed by atoms with Crippen LogP contribution in [0.25, 0.3) is 55.3 Å². The zero-order chi connectivity index (χ0) is 44.1. The molecule has 10 aromatic rings. The Morgan fingerprint density at radius 1 is 0.348 bits per heavy atom. The summed E-state index contributed by atoms with van der Waals surface area (Å²) in [5, 5.41) is 2.06. The Kier molecular flexibility index (Phi) is 8.40. The molecule has 0 radical (unpaired) electrons. The first-order valence-corrected chi connectivity index (χ1v) is 22.4. The molecule has 3 aliphatic rings. The molecule has 2 aliphatic heterocycles. The highest BCUT2D eigenvalue weighted by molar-refractivity contribution is 6.14. The maximum absolute atomic E-state index is 15.0. The summed E-state index contributed by atoms with van der Waals surface area (Å²) in [5.41, 5.74) is 17.0. The molecular weight excluding hydrogens is 812 g/mol. The lowest BCUT2D eigenvalue weighted by molar-refractivity contribution is 0.480. The van der Waals surface area contributed by atoms with E-state index in [0.29, 0.717) is 0 Å². The van der Waals surface area contributed by atoms with Gasteiger partial charge in [-0.1, -0.05) is 111 Å². The van der Waals surface area contributed by atoms with Gasteiger partial charge in [0.2, 0.25) is 0 Å². The number of fused-ring (bicyclic) bond motifs is 7. The number of nitrogens with zero attached hydrogens (tertiary/aromatic N) is 2. The average molecular weight is 853 g/mol. The van der Waals surface area contributed by atoms with Gasteiger partial charge in [-0.2, -0.15) is 0 Å². The van der Waals surface area contributed by atoms with Crippen molar-refractivity contribution in [1.82, 2.24) is 0 Å². The van der Waals surface area contributed by atoms with Crippen molar-refractivity contribution in [3.05, 3.63) is 229 Å². The molecule has 10 aromatic carbocycles. The van der Waals surface area contributed by atoms with E-state index in [-0.39, 0.29) is 11.2 Å². The van der Waals surface area contributed by atoms with Crippen molar-refractivity contribution in [2.24, 2.45) is 0 Å². The first kappa shape index (κ1) is 38.1. The number of anilines is 6. The van der Waals surface area contributed by atoms with E-state index in [9.17, 15) is 4.39 Å². The van der Waals surface area contributed by atoms with Crippen molar-refractivity contribution in [2.75, 3.05) is 9.80 Å². The van der Waals surface area contributed by atoms with Crippen molar-refractivity contribution >= 4 is 44.9 Å². The van der Waals surface area contributed by atoms with Crippen molar-refractivity contribution in [3.8, 4) is 67.5 Å². The summed E-state index contributed by atoms with van der Waals surface area (Å²) in [6, 6.07) is 72.8. The molecule has 0 aromatic heterocycles. The molecule has 1 aliphatic carbocycles. The van der Waals surface area contributed by atoms with Crippen LogP contribution >= 0.6 is 0 Å². The fourth-order valence-electron chi connectivity index (χ4n) is 10.6. The lowest BCUT2D eigenvalue weighted by atomic mass is 9.82. The maximum atomic E-state index is 15.0. The van der Waals surface area contributed by atoms with Crippen LogP contribution in [0.3, 0.4) is 0 Å².